The van der Waals surface area contributed by atoms with Crippen molar-refractivity contribution in [2.75, 3.05) is 13.2 Å². The molecule has 2 heterocycles. The van der Waals surface area contributed by atoms with Crippen LogP contribution in [0.15, 0.2) is 16.7 Å². The van der Waals surface area contributed by atoms with Crippen LogP contribution in [0.4, 0.5) is 0 Å². The molecule has 0 saturated carbocycles. The monoisotopic (exact) mass is 237 g/mol. The van der Waals surface area contributed by atoms with Crippen molar-refractivity contribution in [3.05, 3.63) is 23.7 Å². The summed E-state index contributed by atoms with van der Waals surface area (Å²) in [5.74, 6) is 1.03. The molecule has 0 aromatic carbocycles. The molecule has 1 aliphatic rings. The molecule has 17 heavy (non-hydrogen) atoms. The Balaban J connectivity index is 1.90. The molecule has 3 heteroatoms. The lowest BCUT2D eigenvalue weighted by Crippen LogP contribution is -2.22. The van der Waals surface area contributed by atoms with Gasteiger partial charge in [-0.25, -0.2) is 0 Å². The topological polar surface area (TPSA) is 34.4 Å². The Labute approximate surface area is 104 Å². The molecule has 96 valence electrons. The second-order valence-corrected chi connectivity index (χ2v) is 4.75. The summed E-state index contributed by atoms with van der Waals surface area (Å²) in [6.07, 6.45) is 6.97. The summed E-state index contributed by atoms with van der Waals surface area (Å²) in [4.78, 5) is 0. The van der Waals surface area contributed by atoms with Gasteiger partial charge in [0.15, 0.2) is 0 Å². The van der Waals surface area contributed by atoms with E-state index in [1.165, 1.54) is 18.4 Å². The molecule has 1 N–H and O–H groups in total. The van der Waals surface area contributed by atoms with Gasteiger partial charge in [-0.2, -0.15) is 0 Å². The lowest BCUT2D eigenvalue weighted by atomic mass is 9.99. The zero-order chi connectivity index (χ0) is 12.1. The summed E-state index contributed by atoms with van der Waals surface area (Å²) in [7, 11) is 0. The van der Waals surface area contributed by atoms with Crippen LogP contribution in [0.1, 0.15) is 50.0 Å². The van der Waals surface area contributed by atoms with Gasteiger partial charge in [0, 0.05) is 18.2 Å². The third kappa shape index (κ3) is 3.33. The maximum atomic E-state index is 5.68. The fraction of sp³-hybridized carbons (Fsp3) is 0.714. The normalized spacial score (nSPS) is 21.9. The molecule has 2 rings (SSSR count). The van der Waals surface area contributed by atoms with Crippen molar-refractivity contribution in [3.63, 3.8) is 0 Å². The van der Waals surface area contributed by atoms with Crippen molar-refractivity contribution in [1.82, 2.24) is 5.32 Å². The molecule has 1 fully saturated rings. The fourth-order valence-corrected chi connectivity index (χ4v) is 2.59. The van der Waals surface area contributed by atoms with Crippen molar-refractivity contribution in [1.29, 1.82) is 0 Å². The van der Waals surface area contributed by atoms with Gasteiger partial charge in [-0.1, -0.05) is 6.92 Å². The van der Waals surface area contributed by atoms with Crippen LogP contribution < -0.4 is 5.32 Å². The smallest absolute Gasteiger partial charge is 0.105 e. The van der Waals surface area contributed by atoms with Crippen LogP contribution in [0, 0.1) is 6.92 Å². The summed E-state index contributed by atoms with van der Waals surface area (Å²) in [6.45, 7) is 6.11. The highest BCUT2D eigenvalue weighted by Crippen LogP contribution is 2.26. The van der Waals surface area contributed by atoms with Gasteiger partial charge in [-0.3, -0.25) is 0 Å². The Morgan fingerprint density at radius 2 is 2.41 bits per heavy atom. The Morgan fingerprint density at radius 3 is 3.00 bits per heavy atom. The molecular weight excluding hydrogens is 214 g/mol. The molecule has 1 saturated heterocycles. The third-order valence-corrected chi connectivity index (χ3v) is 3.53. The largest absolute Gasteiger partial charge is 0.469 e. The van der Waals surface area contributed by atoms with Crippen molar-refractivity contribution in [2.24, 2.45) is 0 Å². The highest BCUT2D eigenvalue weighted by atomic mass is 16.5. The maximum Gasteiger partial charge on any atom is 0.105 e. The quantitative estimate of drug-likeness (QED) is 0.825. The van der Waals surface area contributed by atoms with E-state index in [4.69, 9.17) is 9.15 Å². The van der Waals surface area contributed by atoms with E-state index in [1.54, 1.807) is 6.26 Å². The van der Waals surface area contributed by atoms with Gasteiger partial charge in [-0.15, -0.1) is 0 Å². The van der Waals surface area contributed by atoms with E-state index in [0.717, 1.165) is 31.8 Å². The molecule has 2 unspecified atom stereocenters. The van der Waals surface area contributed by atoms with Gasteiger partial charge in [0.25, 0.3) is 0 Å². The number of ether oxygens (including phenoxy) is 1. The van der Waals surface area contributed by atoms with E-state index >= 15 is 0 Å². The molecule has 0 aliphatic carbocycles. The second-order valence-electron chi connectivity index (χ2n) is 4.75. The third-order valence-electron chi connectivity index (χ3n) is 3.53. The van der Waals surface area contributed by atoms with E-state index in [9.17, 15) is 0 Å². The summed E-state index contributed by atoms with van der Waals surface area (Å²) < 4.78 is 11.1. The standard InChI is InChI=1S/C14H23NO2/c1-3-15-14(13-8-10-16-11(13)2)7-6-12-5-4-9-17-12/h8,10,12,14-15H,3-7,9H2,1-2H3. The first-order chi connectivity index (χ1) is 8.31. The van der Waals surface area contributed by atoms with E-state index in [2.05, 4.69) is 18.3 Å². The molecule has 1 aliphatic heterocycles. The Hall–Kier alpha value is -0.800. The number of hydrogen-bond donors (Lipinski definition) is 1. The Morgan fingerprint density at radius 1 is 1.53 bits per heavy atom. The van der Waals surface area contributed by atoms with Gasteiger partial charge in [-0.05, 0) is 45.2 Å². The predicted octanol–water partition coefficient (Wildman–Crippen LogP) is 3.20. The maximum absolute atomic E-state index is 5.68. The Bertz CT molecular complexity index is 329. The van der Waals surface area contributed by atoms with E-state index in [1.807, 2.05) is 6.92 Å². The summed E-state index contributed by atoms with van der Waals surface area (Å²) in [5.41, 5.74) is 1.30. The minimum absolute atomic E-state index is 0.406. The number of hydrogen-bond acceptors (Lipinski definition) is 3. The highest BCUT2D eigenvalue weighted by Gasteiger charge is 2.20. The Kier molecular flexibility index (Phi) is 4.63. The number of aryl methyl sites for hydroxylation is 1. The van der Waals surface area contributed by atoms with E-state index < -0.39 is 0 Å². The zero-order valence-electron chi connectivity index (χ0n) is 10.9. The van der Waals surface area contributed by atoms with E-state index in [0.29, 0.717) is 12.1 Å². The van der Waals surface area contributed by atoms with Crippen LogP contribution in [0.2, 0.25) is 0 Å². The highest BCUT2D eigenvalue weighted by molar-refractivity contribution is 5.20. The van der Waals surface area contributed by atoms with Crippen LogP contribution in [-0.2, 0) is 4.74 Å². The number of nitrogens with one attached hydrogen (secondary N) is 1. The summed E-state index contributed by atoms with van der Waals surface area (Å²) in [5, 5.41) is 3.53. The first-order valence-corrected chi connectivity index (χ1v) is 6.70. The van der Waals surface area contributed by atoms with Crippen LogP contribution >= 0.6 is 0 Å². The second kappa shape index (κ2) is 6.22. The number of furan rings is 1. The van der Waals surface area contributed by atoms with Crippen molar-refractivity contribution in [3.8, 4) is 0 Å². The molecule has 0 bridgehead atoms. The molecule has 0 radical (unpaired) electrons. The molecular formula is C14H23NO2. The van der Waals surface area contributed by atoms with Gasteiger partial charge in [0.2, 0.25) is 0 Å². The average Bonchev–Trinajstić information content (AvgIpc) is 2.95. The van der Waals surface area contributed by atoms with Crippen LogP contribution in [0.3, 0.4) is 0 Å². The SMILES string of the molecule is CCNC(CCC1CCCO1)c1ccoc1C. The van der Waals surface area contributed by atoms with Crippen LogP contribution in [0.25, 0.3) is 0 Å². The minimum Gasteiger partial charge on any atom is -0.469 e. The molecule has 2 atom stereocenters. The molecule has 3 nitrogen and oxygen atoms in total. The molecule has 1 aromatic heterocycles. The molecule has 1 aromatic rings. The minimum atomic E-state index is 0.406. The first-order valence-electron chi connectivity index (χ1n) is 6.70. The van der Waals surface area contributed by atoms with Gasteiger partial charge >= 0.3 is 0 Å². The first kappa shape index (κ1) is 12.7. The van der Waals surface area contributed by atoms with Crippen molar-refractivity contribution < 1.29 is 9.15 Å². The fourth-order valence-electron chi connectivity index (χ4n) is 2.59. The summed E-state index contributed by atoms with van der Waals surface area (Å²) in [6, 6.07) is 2.49. The number of rotatable bonds is 6. The average molecular weight is 237 g/mol. The predicted molar refractivity (Wildman–Crippen MR) is 68.1 cm³/mol. The molecule has 0 amide bonds. The van der Waals surface area contributed by atoms with Gasteiger partial charge in [0.1, 0.15) is 5.76 Å². The van der Waals surface area contributed by atoms with Crippen molar-refractivity contribution >= 4 is 0 Å². The van der Waals surface area contributed by atoms with Crippen LogP contribution in [0.5, 0.6) is 0 Å². The zero-order valence-corrected chi connectivity index (χ0v) is 10.9. The lowest BCUT2D eigenvalue weighted by molar-refractivity contribution is 0.0996. The summed E-state index contributed by atoms with van der Waals surface area (Å²) >= 11 is 0. The van der Waals surface area contributed by atoms with E-state index in [-0.39, 0.29) is 0 Å². The van der Waals surface area contributed by atoms with Gasteiger partial charge in [0.05, 0.1) is 12.4 Å². The van der Waals surface area contributed by atoms with Crippen LogP contribution in [-0.4, -0.2) is 19.3 Å². The van der Waals surface area contributed by atoms with Crippen molar-refractivity contribution in [2.45, 2.75) is 51.7 Å². The molecule has 0 spiro atoms. The van der Waals surface area contributed by atoms with Gasteiger partial charge < -0.3 is 14.5 Å². The lowest BCUT2D eigenvalue weighted by Gasteiger charge is -2.19.